The van der Waals surface area contributed by atoms with Gasteiger partial charge >= 0.3 is 0 Å². The molecule has 0 bridgehead atoms. The van der Waals surface area contributed by atoms with E-state index in [2.05, 4.69) is 15.4 Å². The maximum absolute atomic E-state index is 11.9. The molecule has 2 heterocycles. The number of sulfonamides is 1. The molecule has 0 spiro atoms. The minimum Gasteiger partial charge on any atom is -0.391 e. The minimum absolute atomic E-state index is 0. The summed E-state index contributed by atoms with van der Waals surface area (Å²) in [6, 6.07) is 2.86. The Labute approximate surface area is 143 Å². The number of amides is 1. The molecule has 1 aromatic heterocycles. The summed E-state index contributed by atoms with van der Waals surface area (Å²) in [6.07, 6.45) is -0.491. The van der Waals surface area contributed by atoms with Crippen molar-refractivity contribution >= 4 is 51.3 Å². The lowest BCUT2D eigenvalue weighted by molar-refractivity contribution is -0.120. The van der Waals surface area contributed by atoms with Crippen LogP contribution in [0.5, 0.6) is 0 Å². The molecule has 1 aliphatic rings. The summed E-state index contributed by atoms with van der Waals surface area (Å²) in [5.74, 6) is -0.498. The molecule has 1 fully saturated rings. The molecule has 0 saturated carbocycles. The van der Waals surface area contributed by atoms with Crippen molar-refractivity contribution < 1.29 is 18.3 Å². The van der Waals surface area contributed by atoms with Gasteiger partial charge in [0.25, 0.3) is 10.0 Å². The quantitative estimate of drug-likeness (QED) is 0.538. The Balaban J connectivity index is 0.00000242. The van der Waals surface area contributed by atoms with E-state index in [4.69, 9.17) is 11.6 Å². The number of hydrogen-bond donors (Lipinski definition) is 4. The molecule has 0 aromatic carbocycles. The Morgan fingerprint density at radius 2 is 2.18 bits per heavy atom. The fourth-order valence-electron chi connectivity index (χ4n) is 1.91. The van der Waals surface area contributed by atoms with E-state index in [0.29, 0.717) is 24.0 Å². The van der Waals surface area contributed by atoms with E-state index >= 15 is 0 Å². The van der Waals surface area contributed by atoms with E-state index in [-0.39, 0.29) is 29.1 Å². The predicted octanol–water partition coefficient (Wildman–Crippen LogP) is -0.202. The van der Waals surface area contributed by atoms with Gasteiger partial charge in [-0.05, 0) is 12.1 Å². The normalized spacial score (nSPS) is 21.4. The van der Waals surface area contributed by atoms with Crippen LogP contribution in [0.25, 0.3) is 0 Å². The van der Waals surface area contributed by atoms with Gasteiger partial charge in [-0.15, -0.1) is 23.7 Å². The largest absolute Gasteiger partial charge is 0.391 e. The Hall–Kier alpha value is -0.420. The number of halogens is 2. The first-order valence-corrected chi connectivity index (χ1v) is 8.97. The Morgan fingerprint density at radius 1 is 1.45 bits per heavy atom. The summed E-state index contributed by atoms with van der Waals surface area (Å²) in [5.41, 5.74) is 0. The summed E-state index contributed by atoms with van der Waals surface area (Å²) in [6.45, 7) is 1.08. The maximum Gasteiger partial charge on any atom is 0.250 e. The van der Waals surface area contributed by atoms with Gasteiger partial charge in [-0.2, -0.15) is 0 Å². The van der Waals surface area contributed by atoms with Gasteiger partial charge in [-0.3, -0.25) is 4.79 Å². The lowest BCUT2D eigenvalue weighted by atomic mass is 10.1. The van der Waals surface area contributed by atoms with E-state index in [9.17, 15) is 18.3 Å². The Bertz CT molecular complexity index is 608. The van der Waals surface area contributed by atoms with Crippen LogP contribution in [0.3, 0.4) is 0 Å². The van der Waals surface area contributed by atoms with Crippen LogP contribution in [0.2, 0.25) is 4.34 Å². The predicted molar refractivity (Wildman–Crippen MR) is 87.1 cm³/mol. The van der Waals surface area contributed by atoms with Crippen molar-refractivity contribution in [1.82, 2.24) is 15.4 Å². The molecule has 1 aliphatic heterocycles. The van der Waals surface area contributed by atoms with Gasteiger partial charge in [0.15, 0.2) is 0 Å². The molecule has 4 N–H and O–H groups in total. The molecular weight excluding hydrogens is 373 g/mol. The van der Waals surface area contributed by atoms with E-state index in [1.807, 2.05) is 0 Å². The van der Waals surface area contributed by atoms with Crippen LogP contribution < -0.4 is 15.4 Å². The van der Waals surface area contributed by atoms with Crippen LogP contribution in [0.15, 0.2) is 16.3 Å². The standard InChI is InChI=1S/C11H16ClN3O4S2.ClH/c12-9-1-2-11(20-9)21(18,19)15-6-10(17)14-4-7-3-13-5-8(7)16;/h1-2,7-8,13,15-16H,3-6H2,(H,14,17);1H. The van der Waals surface area contributed by atoms with Crippen molar-refractivity contribution in [3.05, 3.63) is 16.5 Å². The van der Waals surface area contributed by atoms with Crippen molar-refractivity contribution in [2.75, 3.05) is 26.2 Å². The van der Waals surface area contributed by atoms with Crippen molar-refractivity contribution in [1.29, 1.82) is 0 Å². The van der Waals surface area contributed by atoms with Crippen molar-refractivity contribution in [3.63, 3.8) is 0 Å². The molecule has 2 atom stereocenters. The first kappa shape index (κ1) is 19.6. The van der Waals surface area contributed by atoms with Crippen LogP contribution in [0.4, 0.5) is 0 Å². The van der Waals surface area contributed by atoms with E-state index in [1.54, 1.807) is 0 Å². The average Bonchev–Trinajstić information content (AvgIpc) is 3.03. The van der Waals surface area contributed by atoms with Gasteiger partial charge in [-0.1, -0.05) is 11.6 Å². The average molecular weight is 390 g/mol. The topological polar surface area (TPSA) is 108 Å². The fraction of sp³-hybridized carbons (Fsp3) is 0.545. The number of carbonyl (C=O) groups excluding carboxylic acids is 1. The van der Waals surface area contributed by atoms with Gasteiger partial charge < -0.3 is 15.7 Å². The molecule has 1 aromatic rings. The van der Waals surface area contributed by atoms with Crippen LogP contribution in [0, 0.1) is 5.92 Å². The van der Waals surface area contributed by atoms with Gasteiger partial charge in [0, 0.05) is 25.6 Å². The monoisotopic (exact) mass is 389 g/mol. The number of nitrogens with one attached hydrogen (secondary N) is 3. The zero-order valence-electron chi connectivity index (χ0n) is 11.4. The van der Waals surface area contributed by atoms with Gasteiger partial charge in [-0.25, -0.2) is 13.1 Å². The molecule has 1 saturated heterocycles. The molecule has 22 heavy (non-hydrogen) atoms. The summed E-state index contributed by atoms with van der Waals surface area (Å²) in [5, 5.41) is 15.2. The summed E-state index contributed by atoms with van der Waals surface area (Å²) < 4.78 is 26.4. The van der Waals surface area contributed by atoms with Gasteiger partial charge in [0.2, 0.25) is 5.91 Å². The molecule has 2 unspecified atom stereocenters. The summed E-state index contributed by atoms with van der Waals surface area (Å²) in [4.78, 5) is 11.6. The highest BCUT2D eigenvalue weighted by molar-refractivity contribution is 7.91. The molecule has 1 amide bonds. The molecule has 0 aliphatic carbocycles. The Morgan fingerprint density at radius 3 is 2.73 bits per heavy atom. The molecule has 11 heteroatoms. The van der Waals surface area contributed by atoms with E-state index in [0.717, 1.165) is 11.3 Å². The van der Waals surface area contributed by atoms with Crippen LogP contribution in [-0.4, -0.2) is 51.7 Å². The molecule has 0 radical (unpaired) electrons. The third-order valence-electron chi connectivity index (χ3n) is 3.10. The summed E-state index contributed by atoms with van der Waals surface area (Å²) >= 11 is 6.60. The number of rotatable bonds is 6. The fourth-order valence-corrected chi connectivity index (χ4v) is 4.42. The van der Waals surface area contributed by atoms with Gasteiger partial charge in [0.05, 0.1) is 17.0 Å². The SMILES string of the molecule is Cl.O=C(CNS(=O)(=O)c1ccc(Cl)s1)NCC1CNCC1O. The lowest BCUT2D eigenvalue weighted by Crippen LogP contribution is -2.40. The number of hydrogen-bond acceptors (Lipinski definition) is 6. The maximum atomic E-state index is 11.9. The first-order valence-electron chi connectivity index (χ1n) is 6.29. The number of β-amino-alcohol motifs (C(OH)–C–C–N with tert-alkyl or cyclic N) is 1. The molecule has 7 nitrogen and oxygen atoms in total. The number of aliphatic hydroxyl groups is 1. The van der Waals surface area contributed by atoms with E-state index in [1.165, 1.54) is 12.1 Å². The highest BCUT2D eigenvalue weighted by Crippen LogP contribution is 2.25. The van der Waals surface area contributed by atoms with Crippen LogP contribution >= 0.6 is 35.3 Å². The highest BCUT2D eigenvalue weighted by atomic mass is 35.5. The zero-order valence-corrected chi connectivity index (χ0v) is 14.6. The third kappa shape index (κ3) is 5.34. The second-order valence-electron chi connectivity index (χ2n) is 4.67. The smallest absolute Gasteiger partial charge is 0.250 e. The molecular formula is C11H17Cl2N3O4S2. The van der Waals surface area contributed by atoms with Crippen molar-refractivity contribution in [3.8, 4) is 0 Å². The van der Waals surface area contributed by atoms with Crippen LogP contribution in [-0.2, 0) is 14.8 Å². The minimum atomic E-state index is -3.72. The number of aliphatic hydroxyl groups excluding tert-OH is 1. The second-order valence-corrected chi connectivity index (χ2v) is 8.38. The second kappa shape index (κ2) is 8.44. The summed E-state index contributed by atoms with van der Waals surface area (Å²) in [7, 11) is -3.72. The lowest BCUT2D eigenvalue weighted by Gasteiger charge is -2.14. The van der Waals surface area contributed by atoms with Crippen LogP contribution in [0.1, 0.15) is 0 Å². The van der Waals surface area contributed by atoms with Crippen molar-refractivity contribution in [2.45, 2.75) is 10.3 Å². The number of carbonyl (C=O) groups is 1. The molecule has 2 rings (SSSR count). The highest BCUT2D eigenvalue weighted by Gasteiger charge is 2.25. The number of thiophene rings is 1. The Kier molecular flexibility index (Phi) is 7.53. The zero-order chi connectivity index (χ0) is 15.5. The first-order chi connectivity index (χ1) is 9.88. The van der Waals surface area contributed by atoms with Gasteiger partial charge in [0.1, 0.15) is 4.21 Å². The molecule has 126 valence electrons. The van der Waals surface area contributed by atoms with Crippen molar-refractivity contribution in [2.24, 2.45) is 5.92 Å². The van der Waals surface area contributed by atoms with E-state index < -0.39 is 22.0 Å². The third-order valence-corrected chi connectivity index (χ3v) is 6.23.